The van der Waals surface area contributed by atoms with Gasteiger partial charge in [0.1, 0.15) is 0 Å². The first-order valence-corrected chi connectivity index (χ1v) is 6.06. The summed E-state index contributed by atoms with van der Waals surface area (Å²) >= 11 is 13.3. The molecule has 0 bridgehead atoms. The molecule has 1 aliphatic heterocycles. The van der Waals surface area contributed by atoms with Gasteiger partial charge in [-0.1, -0.05) is 0 Å². The van der Waals surface area contributed by atoms with Crippen molar-refractivity contribution in [3.8, 4) is 0 Å². The van der Waals surface area contributed by atoms with Crippen LogP contribution >= 0.6 is 35.0 Å². The SMILES string of the molecule is Clc1nc(Cl)nc(N2CCSCC2)n1. The molecule has 0 spiro atoms. The van der Waals surface area contributed by atoms with Crippen LogP contribution in [0, 0.1) is 0 Å². The van der Waals surface area contributed by atoms with Crippen LogP contribution in [0.3, 0.4) is 0 Å². The molecule has 14 heavy (non-hydrogen) atoms. The Hall–Kier alpha value is -0.260. The van der Waals surface area contributed by atoms with Gasteiger partial charge in [-0.05, 0) is 23.2 Å². The minimum absolute atomic E-state index is 0.151. The van der Waals surface area contributed by atoms with Gasteiger partial charge in [0.15, 0.2) is 0 Å². The molecule has 0 saturated carbocycles. The third-order valence-corrected chi connectivity index (χ3v) is 3.14. The summed E-state index contributed by atoms with van der Waals surface area (Å²) in [4.78, 5) is 13.8. The Morgan fingerprint density at radius 3 is 2.14 bits per heavy atom. The zero-order valence-corrected chi connectivity index (χ0v) is 9.61. The normalized spacial score (nSPS) is 17.1. The summed E-state index contributed by atoms with van der Waals surface area (Å²) in [6, 6.07) is 0. The molecule has 1 aromatic rings. The maximum atomic E-state index is 5.69. The molecule has 0 aliphatic carbocycles. The first-order chi connectivity index (χ1) is 6.75. The van der Waals surface area contributed by atoms with Crippen LogP contribution in [0.5, 0.6) is 0 Å². The molecule has 76 valence electrons. The van der Waals surface area contributed by atoms with Crippen molar-refractivity contribution in [1.29, 1.82) is 0 Å². The predicted octanol–water partition coefficient (Wildman–Crippen LogP) is 1.73. The Bertz CT molecular complexity index is 309. The van der Waals surface area contributed by atoms with E-state index < -0.39 is 0 Å². The number of aromatic nitrogens is 3. The molecule has 0 atom stereocenters. The summed E-state index contributed by atoms with van der Waals surface area (Å²) in [5.41, 5.74) is 0. The molecule has 0 N–H and O–H groups in total. The van der Waals surface area contributed by atoms with E-state index in [0.717, 1.165) is 24.6 Å². The van der Waals surface area contributed by atoms with Gasteiger partial charge in [-0.2, -0.15) is 26.7 Å². The van der Waals surface area contributed by atoms with Crippen molar-refractivity contribution in [1.82, 2.24) is 15.0 Å². The predicted molar refractivity (Wildman–Crippen MR) is 59.4 cm³/mol. The van der Waals surface area contributed by atoms with E-state index in [9.17, 15) is 0 Å². The third kappa shape index (κ3) is 2.40. The zero-order valence-electron chi connectivity index (χ0n) is 7.28. The smallest absolute Gasteiger partial charge is 0.231 e. The highest BCUT2D eigenvalue weighted by Crippen LogP contribution is 2.17. The second-order valence-electron chi connectivity index (χ2n) is 2.77. The molecular formula is C7H8Cl2N4S. The summed E-state index contributed by atoms with van der Waals surface area (Å²) < 4.78 is 0. The lowest BCUT2D eigenvalue weighted by Gasteiger charge is -2.26. The topological polar surface area (TPSA) is 41.9 Å². The summed E-state index contributed by atoms with van der Waals surface area (Å²) in [7, 11) is 0. The van der Waals surface area contributed by atoms with Gasteiger partial charge < -0.3 is 4.90 Å². The van der Waals surface area contributed by atoms with Crippen molar-refractivity contribution in [2.24, 2.45) is 0 Å². The van der Waals surface area contributed by atoms with Gasteiger partial charge in [-0.15, -0.1) is 0 Å². The Labute approximate surface area is 96.0 Å². The van der Waals surface area contributed by atoms with E-state index in [0.29, 0.717) is 5.95 Å². The van der Waals surface area contributed by atoms with Crippen LogP contribution < -0.4 is 4.90 Å². The van der Waals surface area contributed by atoms with E-state index >= 15 is 0 Å². The average Bonchev–Trinajstić information content (AvgIpc) is 2.18. The second kappa shape index (κ2) is 4.51. The van der Waals surface area contributed by atoms with E-state index in [1.165, 1.54) is 0 Å². The van der Waals surface area contributed by atoms with Crippen molar-refractivity contribution < 1.29 is 0 Å². The number of anilines is 1. The first kappa shape index (κ1) is 10.3. The van der Waals surface area contributed by atoms with Crippen LogP contribution in [0.1, 0.15) is 0 Å². The van der Waals surface area contributed by atoms with Crippen molar-refractivity contribution >= 4 is 40.9 Å². The van der Waals surface area contributed by atoms with Crippen LogP contribution in [-0.4, -0.2) is 39.5 Å². The highest BCUT2D eigenvalue weighted by Gasteiger charge is 2.15. The lowest BCUT2D eigenvalue weighted by atomic mass is 10.5. The minimum Gasteiger partial charge on any atom is -0.339 e. The number of thioether (sulfide) groups is 1. The van der Waals surface area contributed by atoms with Gasteiger partial charge in [-0.25, -0.2) is 0 Å². The average molecular weight is 251 g/mol. The van der Waals surface area contributed by atoms with Crippen molar-refractivity contribution in [3.63, 3.8) is 0 Å². The fourth-order valence-electron chi connectivity index (χ4n) is 1.22. The van der Waals surface area contributed by atoms with E-state index in [1.807, 2.05) is 11.8 Å². The zero-order chi connectivity index (χ0) is 9.97. The molecule has 2 heterocycles. The van der Waals surface area contributed by atoms with Gasteiger partial charge in [-0.3, -0.25) is 0 Å². The molecule has 0 unspecified atom stereocenters. The fourth-order valence-corrected chi connectivity index (χ4v) is 2.48. The molecular weight excluding hydrogens is 243 g/mol. The number of halogens is 2. The van der Waals surface area contributed by atoms with Crippen LogP contribution in [0.2, 0.25) is 10.6 Å². The van der Waals surface area contributed by atoms with Gasteiger partial charge in [0.05, 0.1) is 0 Å². The van der Waals surface area contributed by atoms with E-state index in [2.05, 4.69) is 19.9 Å². The summed E-state index contributed by atoms with van der Waals surface area (Å²) in [6.45, 7) is 1.86. The molecule has 1 aliphatic rings. The van der Waals surface area contributed by atoms with E-state index in [-0.39, 0.29) is 10.6 Å². The molecule has 0 amide bonds. The molecule has 0 radical (unpaired) electrons. The first-order valence-electron chi connectivity index (χ1n) is 4.15. The van der Waals surface area contributed by atoms with Crippen LogP contribution in [0.15, 0.2) is 0 Å². The van der Waals surface area contributed by atoms with Crippen molar-refractivity contribution in [3.05, 3.63) is 10.6 Å². The molecule has 0 aromatic carbocycles. The number of hydrogen-bond acceptors (Lipinski definition) is 5. The Morgan fingerprint density at radius 2 is 1.57 bits per heavy atom. The lowest BCUT2D eigenvalue weighted by Crippen LogP contribution is -2.33. The van der Waals surface area contributed by atoms with Crippen molar-refractivity contribution in [2.45, 2.75) is 0 Å². The van der Waals surface area contributed by atoms with Gasteiger partial charge >= 0.3 is 0 Å². The third-order valence-electron chi connectivity index (χ3n) is 1.86. The second-order valence-corrected chi connectivity index (χ2v) is 4.67. The fraction of sp³-hybridized carbons (Fsp3) is 0.571. The monoisotopic (exact) mass is 250 g/mol. The Balaban J connectivity index is 2.21. The highest BCUT2D eigenvalue weighted by atomic mass is 35.5. The Morgan fingerprint density at radius 1 is 1.00 bits per heavy atom. The molecule has 7 heteroatoms. The molecule has 1 aromatic heterocycles. The van der Waals surface area contributed by atoms with Gasteiger partial charge in [0.2, 0.25) is 16.5 Å². The molecule has 1 fully saturated rings. The quantitative estimate of drug-likeness (QED) is 0.760. The number of nitrogens with zero attached hydrogens (tertiary/aromatic N) is 4. The summed E-state index contributed by atoms with van der Waals surface area (Å²) in [5.74, 6) is 2.75. The molecule has 2 rings (SSSR count). The number of rotatable bonds is 1. The summed E-state index contributed by atoms with van der Waals surface area (Å²) in [5, 5.41) is 0.302. The van der Waals surface area contributed by atoms with Crippen LogP contribution in [-0.2, 0) is 0 Å². The minimum atomic E-state index is 0.151. The highest BCUT2D eigenvalue weighted by molar-refractivity contribution is 7.99. The number of hydrogen-bond donors (Lipinski definition) is 0. The van der Waals surface area contributed by atoms with Crippen molar-refractivity contribution in [2.75, 3.05) is 29.5 Å². The molecule has 4 nitrogen and oxygen atoms in total. The van der Waals surface area contributed by atoms with Crippen LogP contribution in [0.4, 0.5) is 5.95 Å². The van der Waals surface area contributed by atoms with E-state index in [4.69, 9.17) is 23.2 Å². The molecule has 1 saturated heterocycles. The van der Waals surface area contributed by atoms with Gasteiger partial charge in [0, 0.05) is 24.6 Å². The largest absolute Gasteiger partial charge is 0.339 e. The maximum Gasteiger partial charge on any atom is 0.231 e. The summed E-state index contributed by atoms with van der Waals surface area (Å²) in [6.07, 6.45) is 0. The maximum absolute atomic E-state index is 5.69. The van der Waals surface area contributed by atoms with Crippen LogP contribution in [0.25, 0.3) is 0 Å². The Kier molecular flexibility index (Phi) is 3.30. The standard InChI is InChI=1S/C7H8Cl2N4S/c8-5-10-6(9)12-7(11-5)13-1-3-14-4-2-13/h1-4H2. The van der Waals surface area contributed by atoms with Gasteiger partial charge in [0.25, 0.3) is 0 Å². The van der Waals surface area contributed by atoms with E-state index in [1.54, 1.807) is 0 Å². The lowest BCUT2D eigenvalue weighted by molar-refractivity contribution is 0.806.